The minimum atomic E-state index is 0.682. The number of fused-ring (bicyclic) bond motifs is 2. The van der Waals surface area contributed by atoms with Crippen molar-refractivity contribution in [2.45, 2.75) is 32.1 Å². The Balaban J connectivity index is 1.11. The van der Waals surface area contributed by atoms with Crippen molar-refractivity contribution in [1.29, 1.82) is 0 Å². The Bertz CT molecular complexity index is 1650. The van der Waals surface area contributed by atoms with Gasteiger partial charge in [0, 0.05) is 24.2 Å². The first-order valence-corrected chi connectivity index (χ1v) is 15.1. The summed E-state index contributed by atoms with van der Waals surface area (Å²) in [7, 11) is 2.21. The second kappa shape index (κ2) is 13.3. The van der Waals surface area contributed by atoms with Gasteiger partial charge in [-0.2, -0.15) is 0 Å². The Morgan fingerprint density at radius 2 is 1.57 bits per heavy atom. The summed E-state index contributed by atoms with van der Waals surface area (Å²) in [6.45, 7) is 5.58. The van der Waals surface area contributed by atoms with Crippen molar-refractivity contribution in [3.05, 3.63) is 77.9 Å². The molecule has 0 unspecified atom stereocenters. The molecule has 8 heteroatoms. The lowest BCUT2D eigenvalue weighted by Gasteiger charge is -2.12. The van der Waals surface area contributed by atoms with E-state index in [0.717, 1.165) is 115 Å². The number of hydrogen-bond acceptors (Lipinski definition) is 6. The molecule has 218 valence electrons. The van der Waals surface area contributed by atoms with Crippen LogP contribution in [-0.2, 0) is 6.42 Å². The van der Waals surface area contributed by atoms with Gasteiger partial charge in [-0.05, 0) is 119 Å². The van der Waals surface area contributed by atoms with Crippen LogP contribution in [0.3, 0.4) is 0 Å². The summed E-state index contributed by atoms with van der Waals surface area (Å²) in [5.41, 5.74) is 14.4. The summed E-state index contributed by atoms with van der Waals surface area (Å²) in [5, 5.41) is 3.37. The molecular formula is C34H41N7O. The summed E-state index contributed by atoms with van der Waals surface area (Å²) >= 11 is 0. The number of benzene rings is 3. The number of nitrogens with one attached hydrogen (secondary N) is 3. The van der Waals surface area contributed by atoms with Crippen LogP contribution in [0.25, 0.3) is 44.8 Å². The van der Waals surface area contributed by atoms with Crippen molar-refractivity contribution in [2.75, 3.05) is 46.4 Å². The molecule has 0 saturated heterocycles. The lowest BCUT2D eigenvalue weighted by atomic mass is 10.0. The molecule has 0 saturated carbocycles. The van der Waals surface area contributed by atoms with E-state index in [0.29, 0.717) is 6.61 Å². The maximum absolute atomic E-state index is 5.90. The van der Waals surface area contributed by atoms with Gasteiger partial charge in [0.2, 0.25) is 0 Å². The Kier molecular flexibility index (Phi) is 8.94. The van der Waals surface area contributed by atoms with E-state index in [1.165, 1.54) is 11.1 Å². The molecular weight excluding hydrogens is 522 g/mol. The van der Waals surface area contributed by atoms with E-state index in [1.54, 1.807) is 0 Å². The minimum absolute atomic E-state index is 0.682. The van der Waals surface area contributed by atoms with Crippen molar-refractivity contribution in [1.82, 2.24) is 30.2 Å². The number of aromatic amines is 2. The van der Waals surface area contributed by atoms with Crippen LogP contribution in [0, 0.1) is 0 Å². The number of nitrogens with two attached hydrogens (primary N) is 1. The van der Waals surface area contributed by atoms with Crippen molar-refractivity contribution in [3.63, 3.8) is 0 Å². The van der Waals surface area contributed by atoms with Gasteiger partial charge >= 0.3 is 0 Å². The Morgan fingerprint density at radius 3 is 2.38 bits per heavy atom. The van der Waals surface area contributed by atoms with E-state index in [1.807, 2.05) is 24.3 Å². The standard InChI is InChI=1S/C34H41N7O/c1-41-18-2-5-24(14-19-41)21-25-6-12-29-31(22-25)39-34(38-29)27-9-13-30-32(23-27)40-33(37-30)26-7-10-28(11-8-26)42-20-4-17-36-16-3-15-35/h5-13,22-23,36H,2-4,14-21,35H2,1H3,(H,37,40)(H,38,39). The van der Waals surface area contributed by atoms with Crippen molar-refractivity contribution in [2.24, 2.45) is 5.73 Å². The molecule has 2 aromatic heterocycles. The quantitative estimate of drug-likeness (QED) is 0.115. The van der Waals surface area contributed by atoms with Crippen LogP contribution < -0.4 is 15.8 Å². The maximum Gasteiger partial charge on any atom is 0.138 e. The average Bonchev–Trinajstić information content (AvgIpc) is 3.57. The summed E-state index contributed by atoms with van der Waals surface area (Å²) in [6, 6.07) is 21.0. The summed E-state index contributed by atoms with van der Waals surface area (Å²) < 4.78 is 5.90. The number of rotatable bonds is 12. The molecule has 1 aliphatic rings. The number of nitrogens with zero attached hydrogens (tertiary/aromatic N) is 3. The molecule has 3 aromatic carbocycles. The third-order valence-corrected chi connectivity index (χ3v) is 7.94. The highest BCUT2D eigenvalue weighted by Crippen LogP contribution is 2.28. The Hall–Kier alpha value is -3.98. The second-order valence-electron chi connectivity index (χ2n) is 11.3. The molecule has 0 aliphatic carbocycles. The molecule has 0 atom stereocenters. The Labute approximate surface area is 247 Å². The molecule has 3 heterocycles. The number of H-pyrrole nitrogens is 2. The Morgan fingerprint density at radius 1 is 0.857 bits per heavy atom. The van der Waals surface area contributed by atoms with Gasteiger partial charge < -0.3 is 30.7 Å². The molecule has 42 heavy (non-hydrogen) atoms. The minimum Gasteiger partial charge on any atom is -0.494 e. The summed E-state index contributed by atoms with van der Waals surface area (Å²) in [5.74, 6) is 2.57. The number of aromatic nitrogens is 4. The summed E-state index contributed by atoms with van der Waals surface area (Å²) in [6.07, 6.45) is 7.66. The molecule has 0 fully saturated rings. The van der Waals surface area contributed by atoms with Crippen LogP contribution in [0.15, 0.2) is 72.3 Å². The maximum atomic E-state index is 5.90. The predicted octanol–water partition coefficient (Wildman–Crippen LogP) is 5.68. The van der Waals surface area contributed by atoms with Crippen LogP contribution in [0.2, 0.25) is 0 Å². The molecule has 5 N–H and O–H groups in total. The molecule has 1 aliphatic heterocycles. The highest BCUT2D eigenvalue weighted by Gasteiger charge is 2.12. The van der Waals surface area contributed by atoms with Crippen LogP contribution in [-0.4, -0.2) is 71.2 Å². The lowest BCUT2D eigenvalue weighted by molar-refractivity contribution is 0.308. The van der Waals surface area contributed by atoms with Crippen LogP contribution >= 0.6 is 0 Å². The number of hydrogen-bond donors (Lipinski definition) is 4. The molecule has 0 spiro atoms. The van der Waals surface area contributed by atoms with E-state index < -0.39 is 0 Å². The molecule has 8 nitrogen and oxygen atoms in total. The normalized spacial score (nSPS) is 14.4. The lowest BCUT2D eigenvalue weighted by Crippen LogP contribution is -2.20. The van der Waals surface area contributed by atoms with Gasteiger partial charge in [-0.15, -0.1) is 0 Å². The van der Waals surface area contributed by atoms with Gasteiger partial charge in [-0.3, -0.25) is 0 Å². The van der Waals surface area contributed by atoms with Gasteiger partial charge in [0.1, 0.15) is 17.4 Å². The predicted molar refractivity (Wildman–Crippen MR) is 172 cm³/mol. The van der Waals surface area contributed by atoms with Gasteiger partial charge in [-0.1, -0.05) is 17.7 Å². The van der Waals surface area contributed by atoms with Crippen molar-refractivity contribution < 1.29 is 4.74 Å². The van der Waals surface area contributed by atoms with Gasteiger partial charge in [-0.25, -0.2) is 9.97 Å². The van der Waals surface area contributed by atoms with Gasteiger partial charge in [0.15, 0.2) is 0 Å². The fourth-order valence-electron chi connectivity index (χ4n) is 5.51. The zero-order valence-corrected chi connectivity index (χ0v) is 24.5. The zero-order chi connectivity index (χ0) is 28.7. The topological polar surface area (TPSA) is 108 Å². The van der Waals surface area contributed by atoms with Crippen LogP contribution in [0.1, 0.15) is 31.2 Å². The van der Waals surface area contributed by atoms with E-state index in [-0.39, 0.29) is 0 Å². The average molecular weight is 564 g/mol. The fourth-order valence-corrected chi connectivity index (χ4v) is 5.51. The van der Waals surface area contributed by atoms with Crippen molar-refractivity contribution in [3.8, 4) is 28.5 Å². The third-order valence-electron chi connectivity index (χ3n) is 7.94. The first kappa shape index (κ1) is 28.2. The van der Waals surface area contributed by atoms with Crippen molar-refractivity contribution >= 4 is 22.1 Å². The third kappa shape index (κ3) is 6.90. The number of ether oxygens (including phenoxy) is 1. The van der Waals surface area contributed by atoms with Gasteiger partial charge in [0.05, 0.1) is 28.7 Å². The highest BCUT2D eigenvalue weighted by molar-refractivity contribution is 5.86. The van der Waals surface area contributed by atoms with E-state index >= 15 is 0 Å². The first-order valence-electron chi connectivity index (χ1n) is 15.1. The molecule has 6 rings (SSSR count). The monoisotopic (exact) mass is 563 g/mol. The second-order valence-corrected chi connectivity index (χ2v) is 11.3. The first-order chi connectivity index (χ1) is 20.6. The number of imidazole rings is 2. The van der Waals surface area contributed by atoms with E-state index in [4.69, 9.17) is 20.4 Å². The van der Waals surface area contributed by atoms with E-state index in [2.05, 4.69) is 69.7 Å². The summed E-state index contributed by atoms with van der Waals surface area (Å²) in [4.78, 5) is 19.2. The SMILES string of the molecule is CN1CCC=C(Cc2ccc3nc(-c4ccc5nc(-c6ccc(OCCCNCCCN)cc6)[nH]c5c4)[nH]c3c2)CC1. The fraction of sp³-hybridized carbons (Fsp3) is 0.353. The molecule has 5 aromatic rings. The largest absolute Gasteiger partial charge is 0.494 e. The molecule has 0 radical (unpaired) electrons. The smallest absolute Gasteiger partial charge is 0.138 e. The van der Waals surface area contributed by atoms with E-state index in [9.17, 15) is 0 Å². The van der Waals surface area contributed by atoms with Gasteiger partial charge in [0.25, 0.3) is 0 Å². The van der Waals surface area contributed by atoms with Crippen LogP contribution in [0.4, 0.5) is 0 Å². The molecule has 0 amide bonds. The highest BCUT2D eigenvalue weighted by atomic mass is 16.5. The zero-order valence-electron chi connectivity index (χ0n) is 24.5. The van der Waals surface area contributed by atoms with Crippen LogP contribution in [0.5, 0.6) is 5.75 Å². The molecule has 0 bridgehead atoms.